The number of benzene rings is 1. The lowest BCUT2D eigenvalue weighted by molar-refractivity contribution is -0.192. The number of nitrogens with zero attached hydrogens (tertiary/aromatic N) is 2. The quantitative estimate of drug-likeness (QED) is 0.681. The van der Waals surface area contributed by atoms with Crippen molar-refractivity contribution in [1.82, 2.24) is 4.90 Å². The molecule has 2 aliphatic rings. The van der Waals surface area contributed by atoms with Crippen molar-refractivity contribution in [2.75, 3.05) is 44.3 Å². The molecule has 2 aliphatic heterocycles. The molecule has 10 heteroatoms. The highest BCUT2D eigenvalue weighted by Gasteiger charge is 2.41. The Bertz CT molecular complexity index is 926. The minimum Gasteiger partial charge on any atom is -0.475 e. The Hall–Kier alpha value is -2.14. The molecule has 6 nitrogen and oxygen atoms in total. The van der Waals surface area contributed by atoms with Crippen LogP contribution in [-0.2, 0) is 21.7 Å². The zero-order valence-corrected chi connectivity index (χ0v) is 19.3. The van der Waals surface area contributed by atoms with Crippen LogP contribution < -0.4 is 4.90 Å². The second kappa shape index (κ2) is 10.9. The second-order valence-corrected chi connectivity index (χ2v) is 9.53. The lowest BCUT2D eigenvalue weighted by Gasteiger charge is -2.42. The molecule has 0 amide bonds. The van der Waals surface area contributed by atoms with E-state index in [1.807, 2.05) is 11.3 Å². The number of aliphatic hydroxyl groups excluding tert-OH is 1. The number of β-amino-alcohol motifs (C(OH)–C–C–N with tert-alkyl or cyclic N) is 1. The first-order valence-corrected chi connectivity index (χ1v) is 11.6. The molecule has 2 aromatic rings. The van der Waals surface area contributed by atoms with Gasteiger partial charge in [0.05, 0.1) is 18.8 Å². The number of piperidine rings is 1. The van der Waals surface area contributed by atoms with Gasteiger partial charge < -0.3 is 19.8 Å². The fourth-order valence-electron chi connectivity index (χ4n) is 4.31. The zero-order chi connectivity index (χ0) is 24.1. The van der Waals surface area contributed by atoms with Crippen molar-refractivity contribution in [1.29, 1.82) is 0 Å². The summed E-state index contributed by atoms with van der Waals surface area (Å²) < 4.78 is 38.2. The van der Waals surface area contributed by atoms with Gasteiger partial charge in [0.25, 0.3) is 0 Å². The predicted molar refractivity (Wildman–Crippen MR) is 121 cm³/mol. The first kappa shape index (κ1) is 25.5. The molecular formula is C23H29F3N2O4S. The largest absolute Gasteiger partial charge is 0.490 e. The highest BCUT2D eigenvalue weighted by molar-refractivity contribution is 7.11. The van der Waals surface area contributed by atoms with Crippen molar-refractivity contribution in [3.8, 4) is 0 Å². The molecule has 0 aliphatic carbocycles. The van der Waals surface area contributed by atoms with Crippen LogP contribution in [0.2, 0.25) is 0 Å². The summed E-state index contributed by atoms with van der Waals surface area (Å²) >= 11 is 1.90. The van der Waals surface area contributed by atoms with Gasteiger partial charge >= 0.3 is 12.1 Å². The van der Waals surface area contributed by atoms with Crippen LogP contribution in [0.3, 0.4) is 0 Å². The molecule has 182 valence electrons. The Labute approximate surface area is 195 Å². The summed E-state index contributed by atoms with van der Waals surface area (Å²) in [5.41, 5.74) is 2.36. The molecule has 0 saturated carbocycles. The van der Waals surface area contributed by atoms with E-state index in [1.165, 1.54) is 21.0 Å². The average molecular weight is 487 g/mol. The Kier molecular flexibility index (Phi) is 8.38. The smallest absolute Gasteiger partial charge is 0.475 e. The lowest BCUT2D eigenvalue weighted by Crippen LogP contribution is -2.43. The monoisotopic (exact) mass is 486 g/mol. The van der Waals surface area contributed by atoms with Crippen LogP contribution >= 0.6 is 11.3 Å². The van der Waals surface area contributed by atoms with Crippen LogP contribution in [0, 0.1) is 6.92 Å². The molecule has 4 rings (SSSR count). The number of aryl methyl sites for hydroxylation is 1. The summed E-state index contributed by atoms with van der Waals surface area (Å²) in [6, 6.07) is 13.1. The van der Waals surface area contributed by atoms with Gasteiger partial charge in [-0.2, -0.15) is 13.2 Å². The van der Waals surface area contributed by atoms with Gasteiger partial charge in [-0.1, -0.05) is 18.2 Å². The second-order valence-electron chi connectivity index (χ2n) is 8.16. The highest BCUT2D eigenvalue weighted by Crippen LogP contribution is 2.43. The van der Waals surface area contributed by atoms with Crippen LogP contribution in [0.15, 0.2) is 36.4 Å². The number of halogens is 3. The molecule has 2 N–H and O–H groups in total. The maximum atomic E-state index is 10.6. The molecule has 0 atom stereocenters. The zero-order valence-electron chi connectivity index (χ0n) is 18.5. The van der Waals surface area contributed by atoms with E-state index < -0.39 is 12.1 Å². The number of aliphatic hydroxyl groups is 1. The van der Waals surface area contributed by atoms with Crippen molar-refractivity contribution in [3.05, 3.63) is 51.7 Å². The number of anilines is 1. The van der Waals surface area contributed by atoms with E-state index in [-0.39, 0.29) is 12.2 Å². The van der Waals surface area contributed by atoms with Crippen LogP contribution in [0.5, 0.6) is 0 Å². The molecule has 1 spiro atoms. The van der Waals surface area contributed by atoms with Gasteiger partial charge in [-0.15, -0.1) is 11.3 Å². The summed E-state index contributed by atoms with van der Waals surface area (Å²) in [5, 5.41) is 16.6. The number of alkyl halides is 3. The van der Waals surface area contributed by atoms with E-state index in [0.29, 0.717) is 6.54 Å². The van der Waals surface area contributed by atoms with Gasteiger partial charge in [0, 0.05) is 53.7 Å². The normalized spacial score (nSPS) is 18.3. The van der Waals surface area contributed by atoms with Crippen LogP contribution in [-0.4, -0.2) is 66.7 Å². The number of ether oxygens (including phenoxy) is 1. The molecular weight excluding hydrogens is 457 g/mol. The number of carbonyl (C=O) groups is 1. The highest BCUT2D eigenvalue weighted by atomic mass is 32.1. The molecule has 33 heavy (non-hydrogen) atoms. The SMILES string of the molecule is Cc1ccc(CN2CCC3(CC2)OCCN(CCO)c2ccccc23)s1.O=C(O)C(F)(F)F. The fourth-order valence-corrected chi connectivity index (χ4v) is 5.25. The average Bonchev–Trinajstić information content (AvgIpc) is 3.12. The van der Waals surface area contributed by atoms with E-state index in [1.54, 1.807) is 0 Å². The van der Waals surface area contributed by atoms with Crippen LogP contribution in [0.25, 0.3) is 0 Å². The number of hydrogen-bond acceptors (Lipinski definition) is 6. The minimum atomic E-state index is -5.08. The van der Waals surface area contributed by atoms with Crippen LogP contribution in [0.1, 0.15) is 28.2 Å². The summed E-state index contributed by atoms with van der Waals surface area (Å²) in [6.07, 6.45) is -3.03. The number of aliphatic carboxylic acids is 1. The standard InChI is InChI=1S/C21H28N2O2S.C2HF3O2/c1-17-6-7-18(26-17)16-22-10-8-21(9-11-22)19-4-2-3-5-20(19)23(12-14-24)13-15-25-21;3-2(4,5)1(6)7/h2-7,24H,8-16H2,1H3;(H,6,7). The molecule has 0 bridgehead atoms. The molecule has 1 fully saturated rings. The number of para-hydroxylation sites is 1. The predicted octanol–water partition coefficient (Wildman–Crippen LogP) is 4.01. The van der Waals surface area contributed by atoms with Crippen molar-refractivity contribution in [3.63, 3.8) is 0 Å². The first-order valence-electron chi connectivity index (χ1n) is 10.8. The minimum absolute atomic E-state index is 0.176. The summed E-state index contributed by atoms with van der Waals surface area (Å²) in [6.45, 7) is 7.75. The number of likely N-dealkylation sites (tertiary alicyclic amines) is 1. The van der Waals surface area contributed by atoms with Gasteiger partial charge in [-0.3, -0.25) is 4.90 Å². The topological polar surface area (TPSA) is 73.2 Å². The molecule has 1 saturated heterocycles. The Balaban J connectivity index is 0.000000383. The van der Waals surface area contributed by atoms with Gasteiger partial charge in [-0.05, 0) is 38.0 Å². The first-order chi connectivity index (χ1) is 15.6. The summed E-state index contributed by atoms with van der Waals surface area (Å²) in [7, 11) is 0. The van der Waals surface area contributed by atoms with Crippen LogP contribution in [0.4, 0.5) is 18.9 Å². The third kappa shape index (κ3) is 6.47. The fraction of sp³-hybridized carbons (Fsp3) is 0.522. The number of carboxylic acids is 1. The number of hydrogen-bond donors (Lipinski definition) is 2. The number of fused-ring (bicyclic) bond motifs is 2. The van der Waals surface area contributed by atoms with Crippen molar-refractivity contribution in [2.45, 2.75) is 38.1 Å². The number of rotatable bonds is 4. The Morgan fingerprint density at radius 2 is 1.82 bits per heavy atom. The third-order valence-electron chi connectivity index (χ3n) is 5.93. The van der Waals surface area contributed by atoms with E-state index in [9.17, 15) is 18.3 Å². The summed E-state index contributed by atoms with van der Waals surface area (Å²) in [4.78, 5) is 16.6. The van der Waals surface area contributed by atoms with Gasteiger partial charge in [0.15, 0.2) is 0 Å². The number of carboxylic acid groups (broad SMARTS) is 1. The van der Waals surface area contributed by atoms with Crippen molar-refractivity contribution in [2.24, 2.45) is 0 Å². The molecule has 1 aromatic heterocycles. The van der Waals surface area contributed by atoms with E-state index in [0.717, 1.165) is 45.6 Å². The Morgan fingerprint density at radius 3 is 2.39 bits per heavy atom. The lowest BCUT2D eigenvalue weighted by atomic mass is 9.83. The van der Waals surface area contributed by atoms with Gasteiger partial charge in [-0.25, -0.2) is 4.79 Å². The van der Waals surface area contributed by atoms with Crippen molar-refractivity contribution >= 4 is 23.0 Å². The molecule has 3 heterocycles. The van der Waals surface area contributed by atoms with E-state index in [2.05, 4.69) is 53.1 Å². The maximum Gasteiger partial charge on any atom is 0.490 e. The maximum absolute atomic E-state index is 10.6. The third-order valence-corrected chi connectivity index (χ3v) is 6.91. The van der Waals surface area contributed by atoms with Crippen molar-refractivity contribution < 1.29 is 32.9 Å². The van der Waals surface area contributed by atoms with Gasteiger partial charge in [0.2, 0.25) is 0 Å². The van der Waals surface area contributed by atoms with E-state index >= 15 is 0 Å². The molecule has 0 unspecified atom stereocenters. The number of thiophene rings is 1. The van der Waals surface area contributed by atoms with E-state index in [4.69, 9.17) is 14.6 Å². The van der Waals surface area contributed by atoms with Gasteiger partial charge in [0.1, 0.15) is 0 Å². The molecule has 0 radical (unpaired) electrons. The summed E-state index contributed by atoms with van der Waals surface area (Å²) in [5.74, 6) is -2.76. The molecule has 1 aromatic carbocycles. The Morgan fingerprint density at radius 1 is 1.15 bits per heavy atom.